The third-order valence-electron chi connectivity index (χ3n) is 2.88. The molecule has 0 bridgehead atoms. The number of nitro groups is 1. The molecule has 20 heavy (non-hydrogen) atoms. The van der Waals surface area contributed by atoms with Crippen LogP contribution in [0.2, 0.25) is 0 Å². The molecule has 0 aliphatic rings. The molecule has 0 fully saturated rings. The Bertz CT molecular complexity index is 655. The molecule has 1 N–H and O–H groups in total. The molecular weight excluding hydrogens is 282 g/mol. The molecule has 106 valence electrons. The summed E-state index contributed by atoms with van der Waals surface area (Å²) in [6.45, 7) is 1.80. The first kappa shape index (κ1) is 14.3. The zero-order valence-corrected chi connectivity index (χ0v) is 11.5. The molecular formula is C12H13N3O4S. The quantitative estimate of drug-likeness (QED) is 0.649. The van der Waals surface area contributed by atoms with Gasteiger partial charge in [-0.2, -0.15) is 5.10 Å². The molecule has 0 amide bonds. The summed E-state index contributed by atoms with van der Waals surface area (Å²) in [5.74, 6) is -0.518. The normalized spacial score (nSPS) is 12.4. The van der Waals surface area contributed by atoms with Crippen molar-refractivity contribution in [3.8, 4) is 0 Å². The van der Waals surface area contributed by atoms with Crippen LogP contribution >= 0.6 is 11.8 Å². The van der Waals surface area contributed by atoms with Crippen LogP contribution in [0.4, 0.5) is 5.69 Å². The standard InChI is InChI=1S/C12H13N3O4S/c1-2-11(12(16)17)20-7-14-10-5-9(15(18)19)4-3-8(10)6-13-14/h3-6,11H,2,7H2,1H3,(H,16,17). The average molecular weight is 295 g/mol. The summed E-state index contributed by atoms with van der Waals surface area (Å²) >= 11 is 1.25. The minimum Gasteiger partial charge on any atom is -0.480 e. The van der Waals surface area contributed by atoms with Gasteiger partial charge in [0.2, 0.25) is 0 Å². The lowest BCUT2D eigenvalue weighted by atomic mass is 10.2. The van der Waals surface area contributed by atoms with Crippen LogP contribution in [-0.4, -0.2) is 31.0 Å². The second kappa shape index (κ2) is 5.91. The first-order valence-corrected chi connectivity index (χ1v) is 7.02. The summed E-state index contributed by atoms with van der Waals surface area (Å²) in [6, 6.07) is 4.51. The number of carboxylic acids is 1. The van der Waals surface area contributed by atoms with Crippen LogP contribution in [0.25, 0.3) is 10.9 Å². The predicted molar refractivity (Wildman–Crippen MR) is 75.7 cm³/mol. The van der Waals surface area contributed by atoms with Crippen LogP contribution in [0.1, 0.15) is 13.3 Å². The molecule has 1 aromatic heterocycles. The Balaban J connectivity index is 2.24. The van der Waals surface area contributed by atoms with Gasteiger partial charge in [-0.3, -0.25) is 19.6 Å². The summed E-state index contributed by atoms with van der Waals surface area (Å²) in [5, 5.41) is 24.2. The number of benzene rings is 1. The molecule has 0 spiro atoms. The van der Waals surface area contributed by atoms with Crippen LogP contribution in [0.3, 0.4) is 0 Å². The maximum absolute atomic E-state index is 11.0. The van der Waals surface area contributed by atoms with E-state index in [0.29, 0.717) is 17.8 Å². The molecule has 0 aliphatic heterocycles. The van der Waals surface area contributed by atoms with Gasteiger partial charge in [0, 0.05) is 17.5 Å². The number of nitro benzene ring substituents is 1. The Morgan fingerprint density at radius 3 is 2.95 bits per heavy atom. The van der Waals surface area contributed by atoms with E-state index in [1.165, 1.54) is 23.9 Å². The number of nitrogens with zero attached hydrogens (tertiary/aromatic N) is 3. The van der Waals surface area contributed by atoms with Crippen molar-refractivity contribution >= 4 is 34.3 Å². The van der Waals surface area contributed by atoms with Gasteiger partial charge in [-0.25, -0.2) is 0 Å². The lowest BCUT2D eigenvalue weighted by Crippen LogP contribution is -2.16. The van der Waals surface area contributed by atoms with Crippen LogP contribution in [-0.2, 0) is 10.7 Å². The van der Waals surface area contributed by atoms with Crippen LogP contribution in [0, 0.1) is 10.1 Å². The second-order valence-electron chi connectivity index (χ2n) is 4.18. The van der Waals surface area contributed by atoms with Crippen LogP contribution in [0.5, 0.6) is 0 Å². The van der Waals surface area contributed by atoms with Gasteiger partial charge in [-0.05, 0) is 12.5 Å². The molecule has 1 atom stereocenters. The summed E-state index contributed by atoms with van der Waals surface area (Å²) in [5.41, 5.74) is 0.626. The highest BCUT2D eigenvalue weighted by Gasteiger charge is 2.16. The van der Waals surface area contributed by atoms with Gasteiger partial charge in [-0.15, -0.1) is 11.8 Å². The van der Waals surface area contributed by atoms with E-state index < -0.39 is 16.1 Å². The largest absolute Gasteiger partial charge is 0.480 e. The number of carboxylic acid groups (broad SMARTS) is 1. The van der Waals surface area contributed by atoms with Gasteiger partial charge in [0.15, 0.2) is 0 Å². The minimum atomic E-state index is -0.861. The fourth-order valence-corrected chi connectivity index (χ4v) is 2.70. The molecule has 0 radical (unpaired) electrons. The van der Waals surface area contributed by atoms with E-state index in [1.807, 2.05) is 0 Å². The Hall–Kier alpha value is -2.09. The SMILES string of the molecule is CCC(SCn1ncc2ccc([N+](=O)[O-])cc21)C(=O)O. The maximum Gasteiger partial charge on any atom is 0.316 e. The molecule has 1 aromatic carbocycles. The maximum atomic E-state index is 11.0. The number of hydrogen-bond acceptors (Lipinski definition) is 5. The lowest BCUT2D eigenvalue weighted by molar-refractivity contribution is -0.384. The van der Waals surface area contributed by atoms with E-state index in [4.69, 9.17) is 5.11 Å². The molecule has 2 rings (SSSR count). The Labute approximate surface area is 118 Å². The highest BCUT2D eigenvalue weighted by atomic mass is 32.2. The topological polar surface area (TPSA) is 98.3 Å². The number of aliphatic carboxylic acids is 1. The Morgan fingerprint density at radius 1 is 1.60 bits per heavy atom. The van der Waals surface area contributed by atoms with Crippen molar-refractivity contribution < 1.29 is 14.8 Å². The Morgan fingerprint density at radius 2 is 2.35 bits per heavy atom. The van der Waals surface area contributed by atoms with Crippen molar-refractivity contribution in [2.45, 2.75) is 24.5 Å². The molecule has 7 nitrogen and oxygen atoms in total. The fourth-order valence-electron chi connectivity index (χ4n) is 1.80. The third kappa shape index (κ3) is 2.90. The first-order valence-electron chi connectivity index (χ1n) is 5.97. The van der Waals surface area contributed by atoms with Gasteiger partial charge < -0.3 is 5.11 Å². The van der Waals surface area contributed by atoms with Gasteiger partial charge in [0.05, 0.1) is 22.5 Å². The monoisotopic (exact) mass is 295 g/mol. The lowest BCUT2D eigenvalue weighted by Gasteiger charge is -2.09. The van der Waals surface area contributed by atoms with Crippen LogP contribution < -0.4 is 0 Å². The van der Waals surface area contributed by atoms with Gasteiger partial charge in [0.1, 0.15) is 5.25 Å². The van der Waals surface area contributed by atoms with Gasteiger partial charge in [-0.1, -0.05) is 6.92 Å². The van der Waals surface area contributed by atoms with Crippen molar-refractivity contribution in [3.63, 3.8) is 0 Å². The first-order chi connectivity index (χ1) is 9.52. The van der Waals surface area contributed by atoms with Crippen LogP contribution in [0.15, 0.2) is 24.4 Å². The predicted octanol–water partition coefficient (Wildman–Crippen LogP) is 2.50. The highest BCUT2D eigenvalue weighted by molar-refractivity contribution is 7.99. The molecule has 1 heterocycles. The number of hydrogen-bond donors (Lipinski definition) is 1. The van der Waals surface area contributed by atoms with Gasteiger partial charge >= 0.3 is 5.97 Å². The van der Waals surface area contributed by atoms with E-state index >= 15 is 0 Å². The number of rotatable bonds is 6. The number of thioether (sulfide) groups is 1. The zero-order valence-electron chi connectivity index (χ0n) is 10.7. The second-order valence-corrected chi connectivity index (χ2v) is 5.34. The number of non-ortho nitro benzene ring substituents is 1. The summed E-state index contributed by atoms with van der Waals surface area (Å²) in [7, 11) is 0. The molecule has 0 aliphatic carbocycles. The smallest absolute Gasteiger partial charge is 0.316 e. The number of carbonyl (C=O) groups is 1. The third-order valence-corrected chi connectivity index (χ3v) is 4.21. The molecule has 0 saturated carbocycles. The van der Waals surface area contributed by atoms with E-state index in [0.717, 1.165) is 5.39 Å². The van der Waals surface area contributed by atoms with E-state index in [1.54, 1.807) is 23.9 Å². The van der Waals surface area contributed by atoms with Gasteiger partial charge in [0.25, 0.3) is 5.69 Å². The summed E-state index contributed by atoms with van der Waals surface area (Å²) < 4.78 is 1.58. The van der Waals surface area contributed by atoms with E-state index in [2.05, 4.69) is 5.10 Å². The minimum absolute atomic E-state index is 0.00507. The molecule has 1 unspecified atom stereocenters. The number of aromatic nitrogens is 2. The fraction of sp³-hybridized carbons (Fsp3) is 0.333. The molecule has 8 heteroatoms. The highest BCUT2D eigenvalue weighted by Crippen LogP contribution is 2.24. The molecule has 2 aromatic rings. The summed E-state index contributed by atoms with van der Waals surface area (Å²) in [4.78, 5) is 21.3. The van der Waals surface area contributed by atoms with Crippen molar-refractivity contribution in [1.29, 1.82) is 0 Å². The summed E-state index contributed by atoms with van der Waals surface area (Å²) in [6.07, 6.45) is 2.13. The van der Waals surface area contributed by atoms with Crippen molar-refractivity contribution in [3.05, 3.63) is 34.5 Å². The average Bonchev–Trinajstić information content (AvgIpc) is 2.81. The van der Waals surface area contributed by atoms with Crippen molar-refractivity contribution in [1.82, 2.24) is 9.78 Å². The zero-order chi connectivity index (χ0) is 14.7. The molecule has 0 saturated heterocycles. The van der Waals surface area contributed by atoms with E-state index in [9.17, 15) is 14.9 Å². The van der Waals surface area contributed by atoms with Crippen molar-refractivity contribution in [2.75, 3.05) is 0 Å². The van der Waals surface area contributed by atoms with E-state index in [-0.39, 0.29) is 5.69 Å². The Kier molecular flexibility index (Phi) is 4.23. The van der Waals surface area contributed by atoms with Crippen molar-refractivity contribution in [2.24, 2.45) is 0 Å². The number of fused-ring (bicyclic) bond motifs is 1.